The number of hydrogen-bond acceptors (Lipinski definition) is 3. The van der Waals surface area contributed by atoms with Gasteiger partial charge in [0.05, 0.1) is 24.5 Å². The zero-order chi connectivity index (χ0) is 12.7. The molecule has 1 heterocycles. The Morgan fingerprint density at radius 1 is 1.29 bits per heavy atom. The van der Waals surface area contributed by atoms with Gasteiger partial charge in [0, 0.05) is 7.11 Å². The lowest BCUT2D eigenvalue weighted by Gasteiger charge is -2.50. The van der Waals surface area contributed by atoms with Gasteiger partial charge in [-0.1, -0.05) is 12.1 Å². The second kappa shape index (κ2) is 3.80. The van der Waals surface area contributed by atoms with E-state index >= 15 is 0 Å². The molecule has 0 radical (unpaired) electrons. The molecule has 0 atom stereocenters. The lowest BCUT2D eigenvalue weighted by molar-refractivity contribution is -0.277. The molecule has 94 valence electrons. The number of anilines is 2. The Morgan fingerprint density at radius 3 is 2.35 bits per heavy atom. The van der Waals surface area contributed by atoms with Crippen LogP contribution in [0.3, 0.4) is 0 Å². The Bertz CT molecular complexity index is 413. The SMILES string of the molecule is COC1(C(F)(F)F)CN(c2ccccc2N)C1. The van der Waals surface area contributed by atoms with Crippen molar-refractivity contribution < 1.29 is 17.9 Å². The average molecular weight is 246 g/mol. The van der Waals surface area contributed by atoms with Crippen LogP contribution in [0, 0.1) is 0 Å². The van der Waals surface area contributed by atoms with Crippen molar-refractivity contribution in [3.8, 4) is 0 Å². The van der Waals surface area contributed by atoms with E-state index in [1.165, 1.54) is 0 Å². The molecule has 1 fully saturated rings. The van der Waals surface area contributed by atoms with Crippen LogP contribution < -0.4 is 10.6 Å². The van der Waals surface area contributed by atoms with E-state index in [0.29, 0.717) is 11.4 Å². The number of methoxy groups -OCH3 is 1. The summed E-state index contributed by atoms with van der Waals surface area (Å²) in [6.07, 6.45) is -4.36. The van der Waals surface area contributed by atoms with Gasteiger partial charge in [-0.25, -0.2) is 0 Å². The van der Waals surface area contributed by atoms with E-state index in [9.17, 15) is 13.2 Å². The smallest absolute Gasteiger partial charge is 0.397 e. The molecule has 0 unspecified atom stereocenters. The second-order valence-corrected chi connectivity index (χ2v) is 4.11. The summed E-state index contributed by atoms with van der Waals surface area (Å²) >= 11 is 0. The van der Waals surface area contributed by atoms with Crippen LogP contribution in [0.4, 0.5) is 24.5 Å². The van der Waals surface area contributed by atoms with Crippen LogP contribution in [-0.2, 0) is 4.74 Å². The van der Waals surface area contributed by atoms with Crippen molar-refractivity contribution in [2.24, 2.45) is 0 Å². The van der Waals surface area contributed by atoms with Crippen molar-refractivity contribution in [3.63, 3.8) is 0 Å². The Labute approximate surface area is 97.0 Å². The highest BCUT2D eigenvalue weighted by molar-refractivity contribution is 5.69. The molecule has 1 saturated heterocycles. The molecule has 1 aromatic rings. The Morgan fingerprint density at radius 2 is 1.88 bits per heavy atom. The first-order chi connectivity index (χ1) is 7.89. The lowest BCUT2D eigenvalue weighted by atomic mass is 9.92. The number of nitrogen functional groups attached to an aromatic ring is 1. The number of alkyl halides is 3. The van der Waals surface area contributed by atoms with Gasteiger partial charge in [0.25, 0.3) is 0 Å². The Balaban J connectivity index is 2.15. The summed E-state index contributed by atoms with van der Waals surface area (Å²) in [5.74, 6) is 0. The monoisotopic (exact) mass is 246 g/mol. The van der Waals surface area contributed by atoms with Crippen LogP contribution in [-0.4, -0.2) is 32.0 Å². The van der Waals surface area contributed by atoms with E-state index in [2.05, 4.69) is 4.74 Å². The molecule has 1 aromatic carbocycles. The van der Waals surface area contributed by atoms with Crippen LogP contribution in [0.5, 0.6) is 0 Å². The third-order valence-electron chi connectivity index (χ3n) is 3.08. The fraction of sp³-hybridized carbons (Fsp3) is 0.455. The maximum atomic E-state index is 12.8. The summed E-state index contributed by atoms with van der Waals surface area (Å²) in [5, 5.41) is 0. The van der Waals surface area contributed by atoms with E-state index in [4.69, 9.17) is 5.73 Å². The molecule has 0 aliphatic carbocycles. The van der Waals surface area contributed by atoms with Crippen molar-refractivity contribution in [2.45, 2.75) is 11.8 Å². The van der Waals surface area contributed by atoms with E-state index in [-0.39, 0.29) is 13.1 Å². The molecule has 1 aliphatic rings. The van der Waals surface area contributed by atoms with E-state index in [1.54, 1.807) is 29.2 Å². The zero-order valence-electron chi connectivity index (χ0n) is 9.29. The molecule has 0 saturated carbocycles. The number of nitrogens with two attached hydrogens (primary N) is 1. The fourth-order valence-corrected chi connectivity index (χ4v) is 1.94. The average Bonchev–Trinajstić information content (AvgIpc) is 2.17. The summed E-state index contributed by atoms with van der Waals surface area (Å²) in [7, 11) is 1.08. The Kier molecular flexibility index (Phi) is 2.69. The molecular formula is C11H13F3N2O. The number of halogens is 3. The van der Waals surface area contributed by atoms with E-state index < -0.39 is 11.8 Å². The zero-order valence-corrected chi connectivity index (χ0v) is 9.29. The van der Waals surface area contributed by atoms with Crippen LogP contribution in [0.25, 0.3) is 0 Å². The van der Waals surface area contributed by atoms with Crippen LogP contribution >= 0.6 is 0 Å². The fourth-order valence-electron chi connectivity index (χ4n) is 1.94. The molecule has 1 aliphatic heterocycles. The molecule has 0 amide bonds. The number of para-hydroxylation sites is 2. The van der Waals surface area contributed by atoms with Gasteiger partial charge < -0.3 is 15.4 Å². The number of nitrogens with zero attached hydrogens (tertiary/aromatic N) is 1. The van der Waals surface area contributed by atoms with Crippen LogP contribution in [0.2, 0.25) is 0 Å². The quantitative estimate of drug-likeness (QED) is 0.811. The summed E-state index contributed by atoms with van der Waals surface area (Å²) in [5.41, 5.74) is 4.73. The van der Waals surface area contributed by atoms with Crippen molar-refractivity contribution in [1.29, 1.82) is 0 Å². The van der Waals surface area contributed by atoms with Gasteiger partial charge in [-0.05, 0) is 12.1 Å². The Hall–Kier alpha value is -1.43. The third kappa shape index (κ3) is 1.82. The second-order valence-electron chi connectivity index (χ2n) is 4.11. The van der Waals surface area contributed by atoms with Gasteiger partial charge in [-0.3, -0.25) is 0 Å². The third-order valence-corrected chi connectivity index (χ3v) is 3.08. The van der Waals surface area contributed by atoms with Gasteiger partial charge in [0.1, 0.15) is 0 Å². The predicted octanol–water partition coefficient (Wildman–Crippen LogP) is 2.04. The maximum Gasteiger partial charge on any atom is 0.420 e. The minimum absolute atomic E-state index is 0.221. The van der Waals surface area contributed by atoms with E-state index in [1.807, 2.05) is 0 Å². The molecule has 0 spiro atoms. The minimum Gasteiger partial charge on any atom is -0.397 e. The normalized spacial score (nSPS) is 18.9. The van der Waals surface area contributed by atoms with Gasteiger partial charge in [0.15, 0.2) is 5.60 Å². The molecular weight excluding hydrogens is 233 g/mol. The van der Waals surface area contributed by atoms with Crippen molar-refractivity contribution in [2.75, 3.05) is 30.8 Å². The van der Waals surface area contributed by atoms with Crippen LogP contribution in [0.1, 0.15) is 0 Å². The molecule has 0 bridgehead atoms. The molecule has 6 heteroatoms. The molecule has 0 aromatic heterocycles. The first-order valence-corrected chi connectivity index (χ1v) is 5.11. The topological polar surface area (TPSA) is 38.5 Å². The summed E-state index contributed by atoms with van der Waals surface area (Å²) in [4.78, 5) is 1.56. The largest absolute Gasteiger partial charge is 0.420 e. The van der Waals surface area contributed by atoms with Gasteiger partial charge in [0.2, 0.25) is 0 Å². The summed E-state index contributed by atoms with van der Waals surface area (Å²) < 4.78 is 42.9. The first-order valence-electron chi connectivity index (χ1n) is 5.11. The molecule has 17 heavy (non-hydrogen) atoms. The highest BCUT2D eigenvalue weighted by Crippen LogP contribution is 2.43. The number of rotatable bonds is 2. The van der Waals surface area contributed by atoms with Gasteiger partial charge in [-0.2, -0.15) is 13.2 Å². The van der Waals surface area contributed by atoms with Gasteiger partial charge >= 0.3 is 6.18 Å². The van der Waals surface area contributed by atoms with Crippen molar-refractivity contribution in [1.82, 2.24) is 0 Å². The number of hydrogen-bond donors (Lipinski definition) is 1. The molecule has 2 rings (SSSR count). The molecule has 2 N–H and O–H groups in total. The standard InChI is InChI=1S/C11H13F3N2O/c1-17-10(11(12,13)14)6-16(7-10)9-5-3-2-4-8(9)15/h2-5H,6-7,15H2,1H3. The van der Waals surface area contributed by atoms with Crippen LogP contribution in [0.15, 0.2) is 24.3 Å². The van der Waals surface area contributed by atoms with E-state index in [0.717, 1.165) is 7.11 Å². The number of ether oxygens (including phenoxy) is 1. The highest BCUT2D eigenvalue weighted by atomic mass is 19.4. The summed E-state index contributed by atoms with van der Waals surface area (Å²) in [6, 6.07) is 6.85. The summed E-state index contributed by atoms with van der Waals surface area (Å²) in [6.45, 7) is -0.442. The van der Waals surface area contributed by atoms with Crippen molar-refractivity contribution in [3.05, 3.63) is 24.3 Å². The highest BCUT2D eigenvalue weighted by Gasteiger charge is 2.62. The first kappa shape index (κ1) is 12.0. The maximum absolute atomic E-state index is 12.8. The minimum atomic E-state index is -4.36. The lowest BCUT2D eigenvalue weighted by Crippen LogP contribution is -2.70. The van der Waals surface area contributed by atoms with Crippen molar-refractivity contribution >= 4 is 11.4 Å². The number of benzene rings is 1. The van der Waals surface area contributed by atoms with Gasteiger partial charge in [-0.15, -0.1) is 0 Å². The molecule has 3 nitrogen and oxygen atoms in total. The predicted molar refractivity (Wildman–Crippen MR) is 58.9 cm³/mol.